The standard InChI is InChI=1S/C6H6.C2H6.CH3NO2.CH4O/c1-2-4-6-5-3-1;1-2;1-2(3)4;1-2/h1-6H;1-2H3;1H3;2H,1H3. The van der Waals surface area contributed by atoms with E-state index < -0.39 is 4.92 Å². The van der Waals surface area contributed by atoms with Gasteiger partial charge in [0.25, 0.3) is 0 Å². The predicted molar refractivity (Wildman–Crippen MR) is 58.9 cm³/mol. The van der Waals surface area contributed by atoms with Crippen LogP contribution in [-0.2, 0) is 0 Å². The molecule has 0 fully saturated rings. The highest BCUT2D eigenvalue weighted by Gasteiger charge is 1.58. The predicted octanol–water partition coefficient (Wildman–Crippen LogP) is 2.21. The fourth-order valence-electron chi connectivity index (χ4n) is 0.385. The molecular weight excluding hydrogens is 182 g/mol. The number of nitrogens with zero attached hydrogens (tertiary/aromatic N) is 1. The molecule has 0 aromatic heterocycles. The van der Waals surface area contributed by atoms with Gasteiger partial charge in [-0.1, -0.05) is 50.2 Å². The van der Waals surface area contributed by atoms with E-state index in [1.807, 2.05) is 50.2 Å². The van der Waals surface area contributed by atoms with Crippen LogP contribution in [0.2, 0.25) is 0 Å². The number of rotatable bonds is 0. The van der Waals surface area contributed by atoms with Crippen molar-refractivity contribution in [2.24, 2.45) is 0 Å². The molecule has 0 unspecified atom stereocenters. The molecule has 1 rings (SSSR count). The lowest BCUT2D eigenvalue weighted by Crippen LogP contribution is -1.79. The largest absolute Gasteiger partial charge is 0.400 e. The minimum Gasteiger partial charge on any atom is -0.400 e. The third-order valence-electron chi connectivity index (χ3n) is 0.667. The summed E-state index contributed by atoms with van der Waals surface area (Å²) in [5, 5.41) is 15.8. The Balaban J connectivity index is -0.000000134. The second-order valence-electron chi connectivity index (χ2n) is 1.59. The van der Waals surface area contributed by atoms with Crippen LogP contribution in [0, 0.1) is 10.1 Å². The highest BCUT2D eigenvalue weighted by Crippen LogP contribution is 1.79. The van der Waals surface area contributed by atoms with Crippen molar-refractivity contribution >= 4 is 0 Å². The van der Waals surface area contributed by atoms with E-state index in [0.29, 0.717) is 0 Å². The lowest BCUT2D eigenvalue weighted by molar-refractivity contribution is -0.445. The maximum absolute atomic E-state index is 8.81. The van der Waals surface area contributed by atoms with Crippen molar-refractivity contribution in [1.82, 2.24) is 0 Å². The minimum atomic E-state index is -0.500. The molecule has 0 aliphatic rings. The Morgan fingerprint density at radius 3 is 1.07 bits per heavy atom. The van der Waals surface area contributed by atoms with Crippen LogP contribution in [0.25, 0.3) is 0 Å². The molecule has 0 aliphatic heterocycles. The summed E-state index contributed by atoms with van der Waals surface area (Å²) < 4.78 is 0. The monoisotopic (exact) mass is 201 g/mol. The number of aliphatic hydroxyl groups is 1. The molecule has 0 radical (unpaired) electrons. The van der Waals surface area contributed by atoms with Crippen molar-refractivity contribution in [1.29, 1.82) is 0 Å². The van der Waals surface area contributed by atoms with Gasteiger partial charge in [0, 0.05) is 12.0 Å². The number of aliphatic hydroxyl groups excluding tert-OH is 1. The summed E-state index contributed by atoms with van der Waals surface area (Å²) in [5.41, 5.74) is 0. The first kappa shape index (κ1) is 18.4. The van der Waals surface area contributed by atoms with Gasteiger partial charge in [0.05, 0.1) is 0 Å². The van der Waals surface area contributed by atoms with E-state index in [4.69, 9.17) is 15.2 Å². The summed E-state index contributed by atoms with van der Waals surface area (Å²) >= 11 is 0. The van der Waals surface area contributed by atoms with Crippen LogP contribution >= 0.6 is 0 Å². The second kappa shape index (κ2) is 22.6. The maximum Gasteiger partial charge on any atom is 0.194 e. The van der Waals surface area contributed by atoms with Crippen LogP contribution in [0.3, 0.4) is 0 Å². The van der Waals surface area contributed by atoms with E-state index in [0.717, 1.165) is 14.2 Å². The minimum absolute atomic E-state index is 0.500. The molecule has 0 saturated carbocycles. The second-order valence-corrected chi connectivity index (χ2v) is 1.59. The van der Waals surface area contributed by atoms with Gasteiger partial charge in [-0.3, -0.25) is 10.1 Å². The molecule has 4 nitrogen and oxygen atoms in total. The van der Waals surface area contributed by atoms with Crippen LogP contribution in [-0.4, -0.2) is 24.2 Å². The van der Waals surface area contributed by atoms with Gasteiger partial charge in [0.15, 0.2) is 7.05 Å². The van der Waals surface area contributed by atoms with Gasteiger partial charge in [0.2, 0.25) is 0 Å². The highest BCUT2D eigenvalue weighted by atomic mass is 16.6. The fourth-order valence-corrected chi connectivity index (χ4v) is 0.385. The molecule has 4 heteroatoms. The normalized spacial score (nSPS) is 6.07. The van der Waals surface area contributed by atoms with Crippen molar-refractivity contribution in [2.75, 3.05) is 14.2 Å². The van der Waals surface area contributed by atoms with E-state index in [1.54, 1.807) is 0 Å². The van der Waals surface area contributed by atoms with Crippen LogP contribution < -0.4 is 0 Å². The fraction of sp³-hybridized carbons (Fsp3) is 0.400. The smallest absolute Gasteiger partial charge is 0.194 e. The van der Waals surface area contributed by atoms with Gasteiger partial charge >= 0.3 is 0 Å². The molecule has 0 spiro atoms. The molecule has 0 heterocycles. The number of benzene rings is 1. The molecule has 0 bridgehead atoms. The van der Waals surface area contributed by atoms with Gasteiger partial charge in [-0.15, -0.1) is 0 Å². The first-order chi connectivity index (χ1) is 6.73. The van der Waals surface area contributed by atoms with Crippen LogP contribution in [0.15, 0.2) is 36.4 Å². The Morgan fingerprint density at radius 1 is 0.929 bits per heavy atom. The van der Waals surface area contributed by atoms with Gasteiger partial charge in [-0.05, 0) is 0 Å². The maximum atomic E-state index is 8.81. The summed E-state index contributed by atoms with van der Waals surface area (Å²) in [7, 11) is 1.89. The van der Waals surface area contributed by atoms with Crippen molar-refractivity contribution in [3.05, 3.63) is 46.5 Å². The summed E-state index contributed by atoms with van der Waals surface area (Å²) in [6, 6.07) is 12.0. The van der Waals surface area contributed by atoms with Gasteiger partial charge in [-0.25, -0.2) is 0 Å². The summed E-state index contributed by atoms with van der Waals surface area (Å²) in [6.45, 7) is 4.00. The summed E-state index contributed by atoms with van der Waals surface area (Å²) in [6.07, 6.45) is 0. The molecule has 1 aromatic carbocycles. The quantitative estimate of drug-likeness (QED) is 0.517. The molecular formula is C10H19NO3. The van der Waals surface area contributed by atoms with Gasteiger partial charge < -0.3 is 5.11 Å². The Bertz CT molecular complexity index is 147. The zero-order valence-corrected chi connectivity index (χ0v) is 9.18. The van der Waals surface area contributed by atoms with Crippen molar-refractivity contribution < 1.29 is 10.0 Å². The molecule has 14 heavy (non-hydrogen) atoms. The Kier molecular flexibility index (Phi) is 29.6. The van der Waals surface area contributed by atoms with E-state index in [2.05, 4.69) is 0 Å². The van der Waals surface area contributed by atoms with Crippen molar-refractivity contribution in [3.63, 3.8) is 0 Å². The zero-order chi connectivity index (χ0) is 11.8. The Hall–Kier alpha value is -1.42. The van der Waals surface area contributed by atoms with Crippen molar-refractivity contribution in [3.8, 4) is 0 Å². The van der Waals surface area contributed by atoms with Crippen LogP contribution in [0.4, 0.5) is 0 Å². The van der Waals surface area contributed by atoms with Gasteiger partial charge in [-0.2, -0.15) is 0 Å². The number of hydrogen-bond donors (Lipinski definition) is 1. The molecule has 0 saturated heterocycles. The van der Waals surface area contributed by atoms with Crippen molar-refractivity contribution in [2.45, 2.75) is 13.8 Å². The lowest BCUT2D eigenvalue weighted by atomic mass is 10.4. The molecule has 0 atom stereocenters. The van der Waals surface area contributed by atoms with E-state index in [-0.39, 0.29) is 0 Å². The zero-order valence-electron chi connectivity index (χ0n) is 9.18. The first-order valence-electron chi connectivity index (χ1n) is 4.26. The molecule has 82 valence electrons. The Morgan fingerprint density at radius 2 is 1.00 bits per heavy atom. The average molecular weight is 201 g/mol. The SMILES string of the molecule is CC.CO.C[N+](=O)[O-].c1ccccc1. The summed E-state index contributed by atoms with van der Waals surface area (Å²) in [5.74, 6) is 0. The molecule has 1 aromatic rings. The van der Waals surface area contributed by atoms with Crippen LogP contribution in [0.1, 0.15) is 13.8 Å². The first-order valence-corrected chi connectivity index (χ1v) is 4.26. The van der Waals surface area contributed by atoms with E-state index in [9.17, 15) is 0 Å². The van der Waals surface area contributed by atoms with Gasteiger partial charge in [0.1, 0.15) is 0 Å². The average Bonchev–Trinajstić information content (AvgIpc) is 2.25. The molecule has 0 aliphatic carbocycles. The third-order valence-corrected chi connectivity index (χ3v) is 0.667. The highest BCUT2D eigenvalue weighted by molar-refractivity contribution is 4.99. The number of hydrogen-bond acceptors (Lipinski definition) is 3. The third kappa shape index (κ3) is 46.3. The Labute approximate surface area is 85.4 Å². The number of nitro groups is 1. The van der Waals surface area contributed by atoms with Crippen LogP contribution in [0.5, 0.6) is 0 Å². The van der Waals surface area contributed by atoms with E-state index >= 15 is 0 Å². The molecule has 0 amide bonds. The van der Waals surface area contributed by atoms with E-state index in [1.165, 1.54) is 0 Å². The summed E-state index contributed by atoms with van der Waals surface area (Å²) in [4.78, 5) is 8.31. The molecule has 1 N–H and O–H groups in total. The topological polar surface area (TPSA) is 63.4 Å². The lowest BCUT2D eigenvalue weighted by Gasteiger charge is -1.69.